The van der Waals surface area contributed by atoms with E-state index in [1.807, 2.05) is 20.0 Å². The Labute approximate surface area is 180 Å². The Hall–Kier alpha value is -2.96. The summed E-state index contributed by atoms with van der Waals surface area (Å²) in [7, 11) is 3.61. The Morgan fingerprint density at radius 1 is 1.23 bits per heavy atom. The molecule has 0 spiro atoms. The van der Waals surface area contributed by atoms with Crippen molar-refractivity contribution in [3.05, 3.63) is 59.2 Å². The smallest absolute Gasteiger partial charge is 0.264 e. The van der Waals surface area contributed by atoms with Crippen molar-refractivity contribution < 1.29 is 13.6 Å². The lowest BCUT2D eigenvalue weighted by Crippen LogP contribution is -2.30. The number of hydrogen-bond donors (Lipinski definition) is 0. The fourth-order valence-corrected chi connectivity index (χ4v) is 5.19. The second kappa shape index (κ2) is 7.32. The highest BCUT2D eigenvalue weighted by molar-refractivity contribution is 5.85. The van der Waals surface area contributed by atoms with E-state index in [0.29, 0.717) is 11.1 Å². The first kappa shape index (κ1) is 20.0. The summed E-state index contributed by atoms with van der Waals surface area (Å²) in [6.07, 6.45) is 7.65. The molecule has 1 aromatic carbocycles. The normalized spacial score (nSPS) is 23.1. The fraction of sp³-hybridized carbons (Fsp3) is 0.417. The summed E-state index contributed by atoms with van der Waals surface area (Å²) in [5, 5.41) is 4.16. The second-order valence-electron chi connectivity index (χ2n) is 8.75. The van der Waals surface area contributed by atoms with Gasteiger partial charge in [-0.1, -0.05) is 13.0 Å². The molecule has 5 rings (SSSR count). The first-order valence-electron chi connectivity index (χ1n) is 10.8. The Kier molecular flexibility index (Phi) is 4.72. The highest BCUT2D eigenvalue weighted by Crippen LogP contribution is 2.43. The quantitative estimate of drug-likeness (QED) is 0.719. The zero-order valence-electron chi connectivity index (χ0n) is 18.0. The molecule has 2 aliphatic heterocycles. The molecule has 1 saturated heterocycles. The van der Waals surface area contributed by atoms with Gasteiger partial charge in [0.1, 0.15) is 0 Å². The number of benzene rings is 1. The number of hydrogen-bond acceptors (Lipinski definition) is 3. The largest absolute Gasteiger partial charge is 0.341 e. The number of allylic oxidation sites excluding steroid dienone is 3. The van der Waals surface area contributed by atoms with E-state index in [0.717, 1.165) is 48.5 Å². The molecule has 3 aliphatic rings. The molecular weight excluding hydrogens is 398 g/mol. The molecule has 7 heteroatoms. The number of fused-ring (bicyclic) bond motifs is 2. The van der Waals surface area contributed by atoms with Crippen LogP contribution in [-0.4, -0.2) is 34.2 Å². The number of aromatic nitrogens is 2. The third-order valence-corrected chi connectivity index (χ3v) is 6.90. The summed E-state index contributed by atoms with van der Waals surface area (Å²) in [6, 6.07) is 3.56. The Balaban J connectivity index is 1.57. The monoisotopic (exact) mass is 424 g/mol. The van der Waals surface area contributed by atoms with Crippen LogP contribution in [0.1, 0.15) is 37.3 Å². The average molecular weight is 424 g/mol. The summed E-state index contributed by atoms with van der Waals surface area (Å²) >= 11 is 0. The van der Waals surface area contributed by atoms with Crippen molar-refractivity contribution in [3.63, 3.8) is 0 Å². The number of likely N-dealkylation sites (tertiary alicyclic amines) is 1. The van der Waals surface area contributed by atoms with Crippen molar-refractivity contribution in [2.75, 3.05) is 18.5 Å². The number of carbonyl (C=O) groups is 1. The molecule has 1 aliphatic carbocycles. The van der Waals surface area contributed by atoms with Crippen LogP contribution in [0.15, 0.2) is 48.1 Å². The Morgan fingerprint density at radius 3 is 2.74 bits per heavy atom. The molecule has 1 fully saturated rings. The average Bonchev–Trinajstić information content (AvgIpc) is 3.29. The first-order valence-corrected chi connectivity index (χ1v) is 10.8. The number of anilines is 1. The highest BCUT2D eigenvalue weighted by Gasteiger charge is 2.41. The minimum atomic E-state index is -2.58. The van der Waals surface area contributed by atoms with E-state index < -0.39 is 6.43 Å². The predicted molar refractivity (Wildman–Crippen MR) is 115 cm³/mol. The molecule has 5 nitrogen and oxygen atoms in total. The summed E-state index contributed by atoms with van der Waals surface area (Å²) in [5.74, 6) is 0.330. The van der Waals surface area contributed by atoms with Gasteiger partial charge in [-0.25, -0.2) is 8.78 Å². The molecule has 0 radical (unpaired) electrons. The minimum absolute atomic E-state index is 0.0184. The van der Waals surface area contributed by atoms with Gasteiger partial charge in [0, 0.05) is 66.9 Å². The number of alkyl halides is 2. The predicted octanol–water partition coefficient (Wildman–Crippen LogP) is 4.67. The van der Waals surface area contributed by atoms with Crippen LogP contribution in [0, 0.1) is 11.8 Å². The van der Waals surface area contributed by atoms with Gasteiger partial charge in [-0.05, 0) is 48.6 Å². The molecule has 31 heavy (non-hydrogen) atoms. The summed E-state index contributed by atoms with van der Waals surface area (Å²) in [6.45, 7) is 2.75. The van der Waals surface area contributed by atoms with Crippen LogP contribution < -0.4 is 4.90 Å². The van der Waals surface area contributed by atoms with Crippen molar-refractivity contribution >= 4 is 11.6 Å². The maximum atomic E-state index is 14.1. The molecule has 1 unspecified atom stereocenters. The van der Waals surface area contributed by atoms with Crippen LogP contribution >= 0.6 is 0 Å². The number of rotatable bonds is 3. The van der Waals surface area contributed by atoms with Gasteiger partial charge in [0.05, 0.1) is 6.20 Å². The van der Waals surface area contributed by atoms with Crippen molar-refractivity contribution in [2.24, 2.45) is 18.9 Å². The molecule has 0 bridgehead atoms. The van der Waals surface area contributed by atoms with Crippen LogP contribution in [0.3, 0.4) is 0 Å². The van der Waals surface area contributed by atoms with Gasteiger partial charge in [0.2, 0.25) is 5.91 Å². The standard InChI is InChI=1S/C24H26F2N4O/c1-14-18-7-6-17(10-22(18)29(3)24(14)31)30-8-4-5-15-9-19(16-12-27-28(2)13-16)20(23(25)26)11-21(15)30/h6,9-14,18,23H,4-5,7-8H2,1-3H3/t14-,18?/m0/s1. The number of aryl methyl sites for hydroxylation is 2. The van der Waals surface area contributed by atoms with Crippen molar-refractivity contribution in [3.8, 4) is 11.1 Å². The van der Waals surface area contributed by atoms with E-state index in [-0.39, 0.29) is 23.3 Å². The highest BCUT2D eigenvalue weighted by atomic mass is 19.3. The molecule has 1 amide bonds. The lowest BCUT2D eigenvalue weighted by molar-refractivity contribution is -0.129. The maximum Gasteiger partial charge on any atom is 0.264 e. The van der Waals surface area contributed by atoms with E-state index in [1.165, 1.54) is 0 Å². The molecule has 162 valence electrons. The molecule has 3 heterocycles. The van der Waals surface area contributed by atoms with E-state index in [4.69, 9.17) is 0 Å². The lowest BCUT2D eigenvalue weighted by Gasteiger charge is -2.35. The van der Waals surface area contributed by atoms with E-state index in [9.17, 15) is 13.6 Å². The van der Waals surface area contributed by atoms with Crippen molar-refractivity contribution in [1.82, 2.24) is 14.7 Å². The Morgan fingerprint density at radius 2 is 2.03 bits per heavy atom. The maximum absolute atomic E-state index is 14.1. The van der Waals surface area contributed by atoms with Gasteiger partial charge < -0.3 is 9.80 Å². The molecule has 0 N–H and O–H groups in total. The van der Waals surface area contributed by atoms with Crippen LogP contribution in [0.2, 0.25) is 0 Å². The SMILES string of the molecule is C[C@@H]1C(=O)N(C)C2=CC(N3CCCc4cc(-c5cnn(C)c5)c(C(F)F)cc43)=CCC21. The van der Waals surface area contributed by atoms with Gasteiger partial charge in [0.25, 0.3) is 6.43 Å². The first-order chi connectivity index (χ1) is 14.8. The van der Waals surface area contributed by atoms with Crippen LogP contribution in [0.4, 0.5) is 14.5 Å². The molecule has 0 saturated carbocycles. The summed E-state index contributed by atoms with van der Waals surface area (Å²) in [4.78, 5) is 16.3. The third kappa shape index (κ3) is 3.18. The second-order valence-corrected chi connectivity index (χ2v) is 8.75. The van der Waals surface area contributed by atoms with Crippen molar-refractivity contribution in [1.29, 1.82) is 0 Å². The van der Waals surface area contributed by atoms with E-state index in [2.05, 4.69) is 22.2 Å². The van der Waals surface area contributed by atoms with Crippen LogP contribution in [0.5, 0.6) is 0 Å². The fourth-order valence-electron chi connectivity index (χ4n) is 5.19. The lowest BCUT2D eigenvalue weighted by atomic mass is 9.87. The zero-order valence-corrected chi connectivity index (χ0v) is 18.0. The molecule has 2 aromatic rings. The number of halogens is 2. The Bertz CT molecular complexity index is 1120. The topological polar surface area (TPSA) is 41.4 Å². The molecule has 1 aromatic heterocycles. The third-order valence-electron chi connectivity index (χ3n) is 6.90. The summed E-state index contributed by atoms with van der Waals surface area (Å²) in [5.41, 5.74) is 5.23. The van der Waals surface area contributed by atoms with E-state index in [1.54, 1.807) is 35.1 Å². The van der Waals surface area contributed by atoms with Gasteiger partial charge in [-0.15, -0.1) is 0 Å². The molecule has 2 atom stereocenters. The number of nitrogens with zero attached hydrogens (tertiary/aromatic N) is 4. The van der Waals surface area contributed by atoms with Gasteiger partial charge in [-0.2, -0.15) is 5.10 Å². The minimum Gasteiger partial charge on any atom is -0.341 e. The van der Waals surface area contributed by atoms with Gasteiger partial charge >= 0.3 is 0 Å². The zero-order chi connectivity index (χ0) is 21.9. The number of carbonyl (C=O) groups excluding carboxylic acids is 1. The van der Waals surface area contributed by atoms with E-state index >= 15 is 0 Å². The number of amides is 1. The van der Waals surface area contributed by atoms with Crippen LogP contribution in [-0.2, 0) is 18.3 Å². The van der Waals surface area contributed by atoms with Crippen molar-refractivity contribution in [2.45, 2.75) is 32.6 Å². The van der Waals surface area contributed by atoms with Gasteiger partial charge in [0.15, 0.2) is 0 Å². The van der Waals surface area contributed by atoms with Gasteiger partial charge in [-0.3, -0.25) is 9.48 Å². The summed E-state index contributed by atoms with van der Waals surface area (Å²) < 4.78 is 29.7. The van der Waals surface area contributed by atoms with Crippen LogP contribution in [0.25, 0.3) is 11.1 Å². The molecular formula is C24H26F2N4O.